The van der Waals surface area contributed by atoms with Crippen molar-refractivity contribution in [2.75, 3.05) is 0 Å². The number of carbonyl (C=O) groups is 1. The first-order chi connectivity index (χ1) is 8.99. The highest BCUT2D eigenvalue weighted by Gasteiger charge is 2.32. The summed E-state index contributed by atoms with van der Waals surface area (Å²) in [5, 5.41) is 10.7. The second-order valence-electron chi connectivity index (χ2n) is 4.13. The number of hydrogen-bond acceptors (Lipinski definition) is 3. The van der Waals surface area contributed by atoms with E-state index >= 15 is 0 Å². The van der Waals surface area contributed by atoms with Crippen molar-refractivity contribution in [3.8, 4) is 11.1 Å². The van der Waals surface area contributed by atoms with Gasteiger partial charge in [-0.1, -0.05) is 6.07 Å². The molecular formula is C13H5F2NO3. The number of hydrogen-bond donors (Lipinski definition) is 0. The zero-order valence-electron chi connectivity index (χ0n) is 9.31. The van der Waals surface area contributed by atoms with Crippen LogP contribution < -0.4 is 0 Å². The fourth-order valence-electron chi connectivity index (χ4n) is 2.22. The zero-order chi connectivity index (χ0) is 13.7. The van der Waals surface area contributed by atoms with E-state index < -0.39 is 28.0 Å². The molecule has 1 aliphatic carbocycles. The Balaban J connectivity index is 2.33. The van der Waals surface area contributed by atoms with Crippen LogP contribution in [0.4, 0.5) is 14.5 Å². The lowest BCUT2D eigenvalue weighted by Crippen LogP contribution is -1.98. The Labute approximate surface area is 105 Å². The summed E-state index contributed by atoms with van der Waals surface area (Å²) in [5.74, 6) is -2.08. The summed E-state index contributed by atoms with van der Waals surface area (Å²) in [6.45, 7) is 0. The number of halogens is 2. The van der Waals surface area contributed by atoms with Gasteiger partial charge < -0.3 is 0 Å². The lowest BCUT2D eigenvalue weighted by Gasteiger charge is -2.01. The third-order valence-electron chi connectivity index (χ3n) is 3.03. The average Bonchev–Trinajstić information content (AvgIpc) is 2.63. The number of nitro groups is 1. The van der Waals surface area contributed by atoms with E-state index in [0.29, 0.717) is 0 Å². The molecule has 94 valence electrons. The highest BCUT2D eigenvalue weighted by molar-refractivity contribution is 6.22. The van der Waals surface area contributed by atoms with Gasteiger partial charge in [0.05, 0.1) is 11.0 Å². The molecule has 4 nitrogen and oxygen atoms in total. The predicted molar refractivity (Wildman–Crippen MR) is 61.9 cm³/mol. The number of rotatable bonds is 1. The largest absolute Gasteiger partial charge is 0.289 e. The quantitative estimate of drug-likeness (QED) is 0.499. The Hall–Kier alpha value is -2.63. The molecule has 0 fully saturated rings. The number of nitro benzene ring substituents is 1. The topological polar surface area (TPSA) is 60.2 Å². The number of nitrogens with zero attached hydrogens (tertiary/aromatic N) is 1. The molecule has 0 unspecified atom stereocenters. The molecule has 0 amide bonds. The first kappa shape index (κ1) is 11.5. The van der Waals surface area contributed by atoms with Gasteiger partial charge >= 0.3 is 0 Å². The molecule has 0 heterocycles. The van der Waals surface area contributed by atoms with Crippen molar-refractivity contribution in [2.45, 2.75) is 0 Å². The molecule has 3 rings (SSSR count). The molecule has 0 radical (unpaired) electrons. The van der Waals surface area contributed by atoms with Crippen LogP contribution >= 0.6 is 0 Å². The minimum atomic E-state index is -0.858. The standard InChI is InChI=1S/C13H5F2NO3/c14-6-1-2-8-9(3-6)13(17)10-4-7(16(18)19)5-11(15)12(8)10/h1-5H. The number of carbonyl (C=O) groups excluding carboxylic acids is 1. The Morgan fingerprint density at radius 1 is 1.00 bits per heavy atom. The monoisotopic (exact) mass is 261 g/mol. The second-order valence-corrected chi connectivity index (χ2v) is 4.13. The van der Waals surface area contributed by atoms with Gasteiger partial charge in [-0.3, -0.25) is 14.9 Å². The molecule has 0 bridgehead atoms. The minimum absolute atomic E-state index is 0.00870. The molecule has 0 aromatic heterocycles. The van der Waals surface area contributed by atoms with Gasteiger partial charge in [-0.15, -0.1) is 0 Å². The maximum atomic E-state index is 13.9. The molecule has 0 atom stereocenters. The Morgan fingerprint density at radius 3 is 2.42 bits per heavy atom. The highest BCUT2D eigenvalue weighted by Crippen LogP contribution is 2.40. The Kier molecular flexibility index (Phi) is 2.22. The lowest BCUT2D eigenvalue weighted by atomic mass is 10.0. The van der Waals surface area contributed by atoms with Crippen LogP contribution in [-0.4, -0.2) is 10.7 Å². The van der Waals surface area contributed by atoms with Crippen LogP contribution in [0.1, 0.15) is 15.9 Å². The van der Waals surface area contributed by atoms with Gasteiger partial charge in [-0.05, 0) is 17.7 Å². The maximum Gasteiger partial charge on any atom is 0.273 e. The number of ketones is 1. The molecular weight excluding hydrogens is 256 g/mol. The van der Waals surface area contributed by atoms with Crippen molar-refractivity contribution in [1.29, 1.82) is 0 Å². The summed E-state index contributed by atoms with van der Waals surface area (Å²) < 4.78 is 27.0. The van der Waals surface area contributed by atoms with E-state index in [1.807, 2.05) is 0 Å². The van der Waals surface area contributed by atoms with Crippen LogP contribution in [-0.2, 0) is 0 Å². The molecule has 0 saturated heterocycles. The minimum Gasteiger partial charge on any atom is -0.289 e. The maximum absolute atomic E-state index is 13.9. The van der Waals surface area contributed by atoms with E-state index in [1.165, 1.54) is 6.07 Å². The molecule has 0 N–H and O–H groups in total. The smallest absolute Gasteiger partial charge is 0.273 e. The van der Waals surface area contributed by atoms with Crippen LogP contribution in [0.15, 0.2) is 30.3 Å². The second kappa shape index (κ2) is 3.68. The molecule has 1 aliphatic rings. The molecule has 0 saturated carbocycles. The van der Waals surface area contributed by atoms with Gasteiger partial charge in [0.15, 0.2) is 5.78 Å². The molecule has 2 aromatic rings. The van der Waals surface area contributed by atoms with Crippen molar-refractivity contribution in [1.82, 2.24) is 0 Å². The Morgan fingerprint density at radius 2 is 1.74 bits per heavy atom. The number of benzene rings is 2. The van der Waals surface area contributed by atoms with E-state index in [0.717, 1.165) is 24.3 Å². The zero-order valence-corrected chi connectivity index (χ0v) is 9.31. The van der Waals surface area contributed by atoms with Gasteiger partial charge in [0.25, 0.3) is 5.69 Å². The van der Waals surface area contributed by atoms with Gasteiger partial charge in [-0.2, -0.15) is 0 Å². The van der Waals surface area contributed by atoms with E-state index in [4.69, 9.17) is 0 Å². The van der Waals surface area contributed by atoms with Gasteiger partial charge in [0.1, 0.15) is 11.6 Å². The van der Waals surface area contributed by atoms with Crippen LogP contribution in [0.25, 0.3) is 11.1 Å². The number of non-ortho nitro benzene ring substituents is 1. The van der Waals surface area contributed by atoms with E-state index in [-0.39, 0.29) is 22.3 Å². The molecule has 6 heteroatoms. The first-order valence-corrected chi connectivity index (χ1v) is 5.31. The average molecular weight is 261 g/mol. The fourth-order valence-corrected chi connectivity index (χ4v) is 2.22. The predicted octanol–water partition coefficient (Wildman–Crippen LogP) is 3.08. The van der Waals surface area contributed by atoms with Crippen molar-refractivity contribution >= 4 is 11.5 Å². The molecule has 2 aromatic carbocycles. The summed E-state index contributed by atoms with van der Waals surface area (Å²) in [6, 6.07) is 5.18. The summed E-state index contributed by atoms with van der Waals surface area (Å²) in [4.78, 5) is 21.9. The third kappa shape index (κ3) is 1.53. The molecule has 0 aliphatic heterocycles. The highest BCUT2D eigenvalue weighted by atomic mass is 19.1. The van der Waals surface area contributed by atoms with Crippen LogP contribution in [0.2, 0.25) is 0 Å². The van der Waals surface area contributed by atoms with Crippen molar-refractivity contribution in [2.24, 2.45) is 0 Å². The van der Waals surface area contributed by atoms with Crippen molar-refractivity contribution in [3.63, 3.8) is 0 Å². The van der Waals surface area contributed by atoms with E-state index in [1.54, 1.807) is 0 Å². The van der Waals surface area contributed by atoms with Crippen LogP contribution in [0.3, 0.4) is 0 Å². The van der Waals surface area contributed by atoms with Crippen LogP contribution in [0.5, 0.6) is 0 Å². The molecule has 0 spiro atoms. The van der Waals surface area contributed by atoms with Crippen molar-refractivity contribution in [3.05, 3.63) is 63.2 Å². The first-order valence-electron chi connectivity index (χ1n) is 5.31. The van der Waals surface area contributed by atoms with Gasteiger partial charge in [0, 0.05) is 22.8 Å². The van der Waals surface area contributed by atoms with E-state index in [2.05, 4.69) is 0 Å². The Bertz CT molecular complexity index is 756. The summed E-state index contributed by atoms with van der Waals surface area (Å²) in [5.41, 5.74) is -0.334. The van der Waals surface area contributed by atoms with Gasteiger partial charge in [-0.25, -0.2) is 8.78 Å². The lowest BCUT2D eigenvalue weighted by molar-refractivity contribution is -0.385. The molecule has 19 heavy (non-hydrogen) atoms. The third-order valence-corrected chi connectivity index (χ3v) is 3.03. The summed E-state index contributed by atoms with van der Waals surface area (Å²) in [6.07, 6.45) is 0. The van der Waals surface area contributed by atoms with E-state index in [9.17, 15) is 23.7 Å². The normalized spacial score (nSPS) is 12.2. The van der Waals surface area contributed by atoms with Crippen molar-refractivity contribution < 1.29 is 18.5 Å². The number of fused-ring (bicyclic) bond motifs is 3. The fraction of sp³-hybridized carbons (Fsp3) is 0. The summed E-state index contributed by atoms with van der Waals surface area (Å²) in [7, 11) is 0. The van der Waals surface area contributed by atoms with Crippen LogP contribution in [0, 0.1) is 21.7 Å². The van der Waals surface area contributed by atoms with Gasteiger partial charge in [0.2, 0.25) is 0 Å². The SMILES string of the molecule is O=C1c2cc(F)ccc2-c2c(F)cc([N+](=O)[O-])cc21. The summed E-state index contributed by atoms with van der Waals surface area (Å²) >= 11 is 0.